The molecule has 1 saturated heterocycles. The second-order valence-electron chi connectivity index (χ2n) is 3.96. The third-order valence-corrected chi connectivity index (χ3v) is 4.70. The van der Waals surface area contributed by atoms with E-state index in [2.05, 4.69) is 15.1 Å². The van der Waals surface area contributed by atoms with Crippen LogP contribution in [0.1, 0.15) is 0 Å². The van der Waals surface area contributed by atoms with Crippen molar-refractivity contribution in [3.8, 4) is 0 Å². The average molecular weight is 259 g/mol. The van der Waals surface area contributed by atoms with Crippen molar-refractivity contribution >= 4 is 10.0 Å². The molecular weight excluding hydrogens is 242 g/mol. The van der Waals surface area contributed by atoms with Crippen molar-refractivity contribution in [2.24, 2.45) is 5.73 Å². The Balaban J connectivity index is 2.01. The van der Waals surface area contributed by atoms with Gasteiger partial charge >= 0.3 is 0 Å². The molecule has 1 aromatic heterocycles. The van der Waals surface area contributed by atoms with Gasteiger partial charge in [-0.05, 0) is 6.07 Å². The van der Waals surface area contributed by atoms with Crippen molar-refractivity contribution in [1.29, 1.82) is 0 Å². The number of piperazine rings is 1. The SMILES string of the molecule is NCCN1CCN(S(=O)(=O)c2ccn[nH]2)CC1. The molecule has 8 heteroatoms. The first-order chi connectivity index (χ1) is 8.14. The van der Waals surface area contributed by atoms with Gasteiger partial charge in [0.1, 0.15) is 0 Å². The summed E-state index contributed by atoms with van der Waals surface area (Å²) in [6.45, 7) is 3.88. The predicted molar refractivity (Wildman–Crippen MR) is 62.8 cm³/mol. The minimum absolute atomic E-state index is 0.157. The monoisotopic (exact) mass is 259 g/mol. The van der Waals surface area contributed by atoms with E-state index >= 15 is 0 Å². The van der Waals surface area contributed by atoms with Gasteiger partial charge in [-0.1, -0.05) is 0 Å². The van der Waals surface area contributed by atoms with Gasteiger partial charge in [0.25, 0.3) is 10.0 Å². The topological polar surface area (TPSA) is 95.3 Å². The highest BCUT2D eigenvalue weighted by atomic mass is 32.2. The molecule has 0 amide bonds. The number of hydrogen-bond donors (Lipinski definition) is 2. The standard InChI is InChI=1S/C9H17N5O2S/c10-2-4-13-5-7-14(8-6-13)17(15,16)9-1-3-11-12-9/h1,3H,2,4-8,10H2,(H,11,12). The molecule has 1 aromatic rings. The fourth-order valence-electron chi connectivity index (χ4n) is 1.90. The van der Waals surface area contributed by atoms with Crippen LogP contribution < -0.4 is 5.73 Å². The lowest BCUT2D eigenvalue weighted by atomic mass is 10.3. The fourth-order valence-corrected chi connectivity index (χ4v) is 3.23. The first-order valence-corrected chi connectivity index (χ1v) is 7.00. The van der Waals surface area contributed by atoms with E-state index in [1.54, 1.807) is 0 Å². The maximum absolute atomic E-state index is 12.1. The maximum atomic E-state index is 12.1. The summed E-state index contributed by atoms with van der Waals surface area (Å²) in [5.74, 6) is 0. The number of nitrogens with one attached hydrogen (secondary N) is 1. The summed E-state index contributed by atoms with van der Waals surface area (Å²) in [5, 5.41) is 6.32. The van der Waals surface area contributed by atoms with E-state index in [0.29, 0.717) is 19.6 Å². The number of aromatic amines is 1. The Hall–Kier alpha value is -0.960. The van der Waals surface area contributed by atoms with Crippen molar-refractivity contribution in [2.75, 3.05) is 39.3 Å². The molecule has 7 nitrogen and oxygen atoms in total. The smallest absolute Gasteiger partial charge is 0.260 e. The first-order valence-electron chi connectivity index (χ1n) is 5.56. The van der Waals surface area contributed by atoms with Gasteiger partial charge in [0.05, 0.1) is 6.20 Å². The molecule has 3 N–H and O–H groups in total. The van der Waals surface area contributed by atoms with E-state index < -0.39 is 10.0 Å². The summed E-state index contributed by atoms with van der Waals surface area (Å²) >= 11 is 0. The van der Waals surface area contributed by atoms with Gasteiger partial charge in [-0.15, -0.1) is 0 Å². The molecule has 1 aliphatic rings. The van der Waals surface area contributed by atoms with Crippen LogP contribution in [-0.4, -0.2) is 67.1 Å². The first kappa shape index (κ1) is 12.5. The Bertz CT molecular complexity index is 436. The van der Waals surface area contributed by atoms with E-state index in [4.69, 9.17) is 5.73 Å². The zero-order valence-electron chi connectivity index (χ0n) is 9.54. The largest absolute Gasteiger partial charge is 0.329 e. The maximum Gasteiger partial charge on any atom is 0.260 e. The van der Waals surface area contributed by atoms with Crippen LogP contribution in [0.15, 0.2) is 17.3 Å². The lowest BCUT2D eigenvalue weighted by Crippen LogP contribution is -2.49. The number of sulfonamides is 1. The quantitative estimate of drug-likeness (QED) is 0.699. The summed E-state index contributed by atoms with van der Waals surface area (Å²) < 4.78 is 25.7. The fraction of sp³-hybridized carbons (Fsp3) is 0.667. The highest BCUT2D eigenvalue weighted by Crippen LogP contribution is 2.14. The third-order valence-electron chi connectivity index (χ3n) is 2.87. The van der Waals surface area contributed by atoms with Gasteiger partial charge in [-0.25, -0.2) is 8.42 Å². The molecule has 2 heterocycles. The Morgan fingerprint density at radius 1 is 1.35 bits per heavy atom. The molecule has 0 aliphatic carbocycles. The molecule has 0 radical (unpaired) electrons. The van der Waals surface area contributed by atoms with Gasteiger partial charge in [-0.2, -0.15) is 9.40 Å². The number of nitrogens with two attached hydrogens (primary N) is 1. The van der Waals surface area contributed by atoms with Crippen molar-refractivity contribution in [3.05, 3.63) is 12.3 Å². The van der Waals surface area contributed by atoms with Gasteiger partial charge in [-0.3, -0.25) is 10.00 Å². The zero-order chi connectivity index (χ0) is 12.3. The molecule has 17 heavy (non-hydrogen) atoms. The van der Waals surface area contributed by atoms with Crippen LogP contribution >= 0.6 is 0 Å². The molecule has 1 aliphatic heterocycles. The minimum Gasteiger partial charge on any atom is -0.329 e. The molecular formula is C9H17N5O2S. The summed E-state index contributed by atoms with van der Waals surface area (Å²) in [7, 11) is -3.40. The molecule has 2 rings (SSSR count). The van der Waals surface area contributed by atoms with E-state index in [1.807, 2.05) is 0 Å². The van der Waals surface area contributed by atoms with Crippen molar-refractivity contribution < 1.29 is 8.42 Å². The van der Waals surface area contributed by atoms with Crippen molar-refractivity contribution in [2.45, 2.75) is 5.03 Å². The number of aromatic nitrogens is 2. The van der Waals surface area contributed by atoms with Crippen LogP contribution in [0.25, 0.3) is 0 Å². The highest BCUT2D eigenvalue weighted by Gasteiger charge is 2.28. The molecule has 0 saturated carbocycles. The Morgan fingerprint density at radius 3 is 2.59 bits per heavy atom. The van der Waals surface area contributed by atoms with Crippen LogP contribution in [0, 0.1) is 0 Å². The molecule has 0 bridgehead atoms. The summed E-state index contributed by atoms with van der Waals surface area (Å²) in [5.41, 5.74) is 5.47. The molecule has 1 fully saturated rings. The van der Waals surface area contributed by atoms with E-state index in [9.17, 15) is 8.42 Å². The molecule has 0 unspecified atom stereocenters. The van der Waals surface area contributed by atoms with Crippen LogP contribution in [0.4, 0.5) is 0 Å². The van der Waals surface area contributed by atoms with Crippen LogP contribution in [-0.2, 0) is 10.0 Å². The third kappa shape index (κ3) is 2.65. The van der Waals surface area contributed by atoms with Crippen molar-refractivity contribution in [1.82, 2.24) is 19.4 Å². The van der Waals surface area contributed by atoms with Crippen LogP contribution in [0.3, 0.4) is 0 Å². The minimum atomic E-state index is -3.40. The lowest BCUT2D eigenvalue weighted by Gasteiger charge is -2.33. The van der Waals surface area contributed by atoms with Crippen LogP contribution in [0.2, 0.25) is 0 Å². The number of hydrogen-bond acceptors (Lipinski definition) is 5. The highest BCUT2D eigenvalue weighted by molar-refractivity contribution is 7.89. The molecule has 0 spiro atoms. The Morgan fingerprint density at radius 2 is 2.06 bits per heavy atom. The average Bonchev–Trinajstić information content (AvgIpc) is 2.84. The van der Waals surface area contributed by atoms with Gasteiger partial charge in [0, 0.05) is 39.3 Å². The van der Waals surface area contributed by atoms with Gasteiger partial charge in [0.15, 0.2) is 5.03 Å². The van der Waals surface area contributed by atoms with E-state index in [0.717, 1.165) is 19.6 Å². The van der Waals surface area contributed by atoms with Gasteiger partial charge < -0.3 is 5.73 Å². The van der Waals surface area contributed by atoms with E-state index in [1.165, 1.54) is 16.6 Å². The summed E-state index contributed by atoms with van der Waals surface area (Å²) in [6, 6.07) is 1.47. The molecule has 0 atom stereocenters. The van der Waals surface area contributed by atoms with E-state index in [-0.39, 0.29) is 5.03 Å². The lowest BCUT2D eigenvalue weighted by molar-refractivity contribution is 0.192. The predicted octanol–water partition coefficient (Wildman–Crippen LogP) is -1.33. The number of nitrogens with zero attached hydrogens (tertiary/aromatic N) is 3. The number of rotatable bonds is 4. The second kappa shape index (κ2) is 5.13. The summed E-state index contributed by atoms with van der Waals surface area (Å²) in [6.07, 6.45) is 1.44. The Labute approximate surface area is 101 Å². The second-order valence-corrected chi connectivity index (χ2v) is 5.86. The normalized spacial score (nSPS) is 19.6. The Kier molecular flexibility index (Phi) is 3.77. The van der Waals surface area contributed by atoms with Gasteiger partial charge in [0.2, 0.25) is 0 Å². The number of H-pyrrole nitrogens is 1. The zero-order valence-corrected chi connectivity index (χ0v) is 10.4. The molecule has 96 valence electrons. The summed E-state index contributed by atoms with van der Waals surface area (Å²) in [4.78, 5) is 2.17. The molecule has 0 aromatic carbocycles. The van der Waals surface area contributed by atoms with Crippen LogP contribution in [0.5, 0.6) is 0 Å². The van der Waals surface area contributed by atoms with Crippen molar-refractivity contribution in [3.63, 3.8) is 0 Å².